The Hall–Kier alpha value is -1.74. The third-order valence-corrected chi connectivity index (χ3v) is 8.16. The number of aliphatic imine (C=N–C) groups is 1. The Bertz CT molecular complexity index is 869. The van der Waals surface area contributed by atoms with Crippen molar-refractivity contribution in [1.82, 2.24) is 0 Å². The lowest BCUT2D eigenvalue weighted by atomic mass is 10.1. The fourth-order valence-corrected chi connectivity index (χ4v) is 7.12. The van der Waals surface area contributed by atoms with Crippen molar-refractivity contribution < 1.29 is 22.7 Å². The van der Waals surface area contributed by atoms with Crippen molar-refractivity contribution in [2.45, 2.75) is 31.6 Å². The number of carbonyl (C=O) groups excluding carboxylic acids is 1. The molecule has 1 amide bonds. The molecule has 1 aromatic rings. The first-order chi connectivity index (χ1) is 12.8. The summed E-state index contributed by atoms with van der Waals surface area (Å²) in [7, 11) is -0.00565. The predicted molar refractivity (Wildman–Crippen MR) is 108 cm³/mol. The van der Waals surface area contributed by atoms with Crippen molar-refractivity contribution in [3.63, 3.8) is 0 Å². The van der Waals surface area contributed by atoms with Crippen LogP contribution in [-0.4, -0.2) is 56.5 Å². The van der Waals surface area contributed by atoms with Gasteiger partial charge in [-0.1, -0.05) is 25.6 Å². The van der Waals surface area contributed by atoms with Crippen LogP contribution in [0.3, 0.4) is 0 Å². The van der Waals surface area contributed by atoms with Gasteiger partial charge in [-0.3, -0.25) is 4.79 Å². The number of hydrogen-bond acceptors (Lipinski definition) is 6. The summed E-state index contributed by atoms with van der Waals surface area (Å²) in [6.07, 6.45) is 0.702. The van der Waals surface area contributed by atoms with Crippen LogP contribution in [0.1, 0.15) is 20.3 Å². The molecule has 7 nitrogen and oxygen atoms in total. The van der Waals surface area contributed by atoms with E-state index in [9.17, 15) is 13.2 Å². The lowest BCUT2D eigenvalue weighted by Crippen LogP contribution is -2.38. The molecule has 0 spiro atoms. The molecule has 1 aromatic carbocycles. The smallest absolute Gasteiger partial charge is 0.250 e. The second-order valence-electron chi connectivity index (χ2n) is 6.75. The minimum Gasteiger partial charge on any atom is -0.497 e. The van der Waals surface area contributed by atoms with Crippen LogP contribution in [0.25, 0.3) is 0 Å². The molecule has 2 heterocycles. The molecule has 0 N–H and O–H groups in total. The molecule has 3 rings (SSSR count). The Kier molecular flexibility index (Phi) is 5.71. The standard InChI is InChI=1S/C18H24N2O5S2/c1-5-11(2)17(21)19-18-20(14-9-27(22,23)10-16(14)26-18)13-7-6-12(24-3)8-15(13)25-4/h6-8,11,14,16H,5,9-10H2,1-4H3/t11-,14-,16+/m0/s1. The first kappa shape index (κ1) is 20.0. The van der Waals surface area contributed by atoms with Crippen molar-refractivity contribution in [3.05, 3.63) is 18.2 Å². The average molecular weight is 413 g/mol. The number of fused-ring (bicyclic) bond motifs is 1. The van der Waals surface area contributed by atoms with Crippen molar-refractivity contribution in [2.24, 2.45) is 10.9 Å². The van der Waals surface area contributed by atoms with E-state index in [-0.39, 0.29) is 34.6 Å². The van der Waals surface area contributed by atoms with Gasteiger partial charge in [0.2, 0.25) is 0 Å². The quantitative estimate of drug-likeness (QED) is 0.734. The van der Waals surface area contributed by atoms with Gasteiger partial charge in [0.1, 0.15) is 11.5 Å². The van der Waals surface area contributed by atoms with Crippen LogP contribution in [0.2, 0.25) is 0 Å². The maximum atomic E-state index is 12.4. The van der Waals surface area contributed by atoms with Gasteiger partial charge in [0, 0.05) is 17.2 Å². The Morgan fingerprint density at radius 2 is 2.07 bits per heavy atom. The number of sulfone groups is 1. The molecular weight excluding hydrogens is 388 g/mol. The highest BCUT2D eigenvalue weighted by Gasteiger charge is 2.50. The predicted octanol–water partition coefficient (Wildman–Crippen LogP) is 2.35. The van der Waals surface area contributed by atoms with Crippen LogP contribution in [0.15, 0.2) is 23.2 Å². The van der Waals surface area contributed by atoms with Crippen molar-refractivity contribution >= 4 is 38.4 Å². The van der Waals surface area contributed by atoms with E-state index in [0.717, 1.165) is 0 Å². The number of thioether (sulfide) groups is 1. The molecule has 27 heavy (non-hydrogen) atoms. The number of amidine groups is 1. The van der Waals surface area contributed by atoms with Crippen LogP contribution >= 0.6 is 11.8 Å². The third-order valence-electron chi connectivity index (χ3n) is 4.95. The molecule has 2 aliphatic heterocycles. The summed E-state index contributed by atoms with van der Waals surface area (Å²) in [5.41, 5.74) is 0.686. The van der Waals surface area contributed by atoms with Gasteiger partial charge < -0.3 is 14.4 Å². The van der Waals surface area contributed by atoms with Crippen molar-refractivity contribution in [2.75, 3.05) is 30.6 Å². The Balaban J connectivity index is 2.06. The van der Waals surface area contributed by atoms with E-state index < -0.39 is 9.84 Å². The fraction of sp³-hybridized carbons (Fsp3) is 0.556. The molecular formula is C18H24N2O5S2. The Morgan fingerprint density at radius 1 is 1.33 bits per heavy atom. The van der Waals surface area contributed by atoms with E-state index in [1.54, 1.807) is 26.4 Å². The van der Waals surface area contributed by atoms with Crippen LogP contribution in [0.5, 0.6) is 11.5 Å². The highest BCUT2D eigenvalue weighted by atomic mass is 32.2. The van der Waals surface area contributed by atoms with Gasteiger partial charge in [-0.2, -0.15) is 4.99 Å². The summed E-state index contributed by atoms with van der Waals surface area (Å²) >= 11 is 1.36. The van der Waals surface area contributed by atoms with Crippen molar-refractivity contribution in [3.8, 4) is 11.5 Å². The molecule has 2 fully saturated rings. The Morgan fingerprint density at radius 3 is 2.70 bits per heavy atom. The number of ether oxygens (including phenoxy) is 2. The SMILES string of the molecule is CC[C@H](C)C(=O)N=C1S[C@@H]2CS(=O)(=O)C[C@@H]2N1c1ccc(OC)cc1OC. The van der Waals surface area contributed by atoms with E-state index in [4.69, 9.17) is 9.47 Å². The van der Waals surface area contributed by atoms with Gasteiger partial charge in [-0.15, -0.1) is 0 Å². The average Bonchev–Trinajstić information content (AvgIpc) is 3.11. The minimum atomic E-state index is -3.12. The molecule has 9 heteroatoms. The molecule has 2 aliphatic rings. The summed E-state index contributed by atoms with van der Waals surface area (Å²) in [5.74, 6) is 0.933. The van der Waals surface area contributed by atoms with Crippen LogP contribution in [0, 0.1) is 5.92 Å². The molecule has 0 aliphatic carbocycles. The van der Waals surface area contributed by atoms with E-state index in [0.29, 0.717) is 28.8 Å². The van der Waals surface area contributed by atoms with Gasteiger partial charge in [0.05, 0.1) is 37.5 Å². The minimum absolute atomic E-state index is 0.0381. The molecule has 2 saturated heterocycles. The first-order valence-electron chi connectivity index (χ1n) is 8.80. The topological polar surface area (TPSA) is 85.3 Å². The van der Waals surface area contributed by atoms with Crippen LogP contribution in [0.4, 0.5) is 5.69 Å². The molecule has 0 radical (unpaired) electrons. The number of hydrogen-bond donors (Lipinski definition) is 0. The lowest BCUT2D eigenvalue weighted by Gasteiger charge is -2.26. The Labute approximate surface area is 164 Å². The first-order valence-corrected chi connectivity index (χ1v) is 11.5. The highest BCUT2D eigenvalue weighted by molar-refractivity contribution is 8.16. The zero-order valence-electron chi connectivity index (χ0n) is 15.8. The number of amides is 1. The van der Waals surface area contributed by atoms with Gasteiger partial charge >= 0.3 is 0 Å². The summed E-state index contributed by atoms with van der Waals surface area (Å²) in [6, 6.07) is 5.07. The number of anilines is 1. The van der Waals surface area contributed by atoms with Gasteiger partial charge in [0.15, 0.2) is 15.0 Å². The number of nitrogens with zero attached hydrogens (tertiary/aromatic N) is 2. The normalized spacial score (nSPS) is 26.1. The maximum Gasteiger partial charge on any atom is 0.250 e. The second-order valence-corrected chi connectivity index (χ2v) is 10.1. The zero-order chi connectivity index (χ0) is 19.8. The van der Waals surface area contributed by atoms with Gasteiger partial charge in [0.25, 0.3) is 5.91 Å². The highest BCUT2D eigenvalue weighted by Crippen LogP contribution is 2.44. The van der Waals surface area contributed by atoms with E-state index in [1.807, 2.05) is 24.8 Å². The number of methoxy groups -OCH3 is 2. The van der Waals surface area contributed by atoms with Crippen molar-refractivity contribution in [1.29, 1.82) is 0 Å². The number of benzene rings is 1. The summed E-state index contributed by atoms with van der Waals surface area (Å²) < 4.78 is 35.1. The second kappa shape index (κ2) is 7.71. The number of carbonyl (C=O) groups is 1. The van der Waals surface area contributed by atoms with Crippen LogP contribution in [-0.2, 0) is 14.6 Å². The monoisotopic (exact) mass is 412 g/mol. The summed E-state index contributed by atoms with van der Waals surface area (Å²) in [6.45, 7) is 3.78. The largest absolute Gasteiger partial charge is 0.497 e. The molecule has 148 valence electrons. The van der Waals surface area contributed by atoms with E-state index >= 15 is 0 Å². The fourth-order valence-electron chi connectivity index (χ4n) is 3.21. The molecule has 0 saturated carbocycles. The van der Waals surface area contributed by atoms with E-state index in [1.165, 1.54) is 11.8 Å². The third kappa shape index (κ3) is 3.94. The summed E-state index contributed by atoms with van der Waals surface area (Å²) in [5, 5.41) is 0.388. The zero-order valence-corrected chi connectivity index (χ0v) is 17.5. The molecule has 0 unspecified atom stereocenters. The molecule has 0 aromatic heterocycles. The van der Waals surface area contributed by atoms with Crippen LogP contribution < -0.4 is 14.4 Å². The number of rotatable bonds is 5. The maximum absolute atomic E-state index is 12.4. The summed E-state index contributed by atoms with van der Waals surface area (Å²) in [4.78, 5) is 18.6. The van der Waals surface area contributed by atoms with Gasteiger partial charge in [-0.05, 0) is 18.6 Å². The van der Waals surface area contributed by atoms with Gasteiger partial charge in [-0.25, -0.2) is 8.42 Å². The molecule has 0 bridgehead atoms. The molecule has 3 atom stereocenters. The van der Waals surface area contributed by atoms with E-state index in [2.05, 4.69) is 4.99 Å². The lowest BCUT2D eigenvalue weighted by molar-refractivity contribution is -0.121.